The molecule has 4 rings (SSSR count). The largest absolute Gasteiger partial charge is 0.417 e. The van der Waals surface area contributed by atoms with Gasteiger partial charge in [0.05, 0.1) is 17.2 Å². The number of halogens is 3. The summed E-state index contributed by atoms with van der Waals surface area (Å²) in [6.07, 6.45) is 1.15. The summed E-state index contributed by atoms with van der Waals surface area (Å²) in [6.45, 7) is 0.846. The maximum atomic E-state index is 13.3. The number of hydrogen-bond donors (Lipinski definition) is 2. The number of alkyl halides is 3. The normalized spacial score (nSPS) is 16.7. The van der Waals surface area contributed by atoms with Crippen LogP contribution in [0.3, 0.4) is 0 Å². The van der Waals surface area contributed by atoms with Gasteiger partial charge in [0.25, 0.3) is 15.9 Å². The SMILES string of the molecule is NS(=O)(=O)c1cc(NC(=O)c2cc(C(F)(F)F)cnc2N2CC[C@H](n3cccn3)C2)ccn1. The average molecular weight is 481 g/mol. The van der Waals surface area contributed by atoms with Crippen LogP contribution in [0.25, 0.3) is 0 Å². The summed E-state index contributed by atoms with van der Waals surface area (Å²) >= 11 is 0. The van der Waals surface area contributed by atoms with E-state index in [1.807, 2.05) is 0 Å². The highest BCUT2D eigenvalue weighted by Gasteiger charge is 2.34. The van der Waals surface area contributed by atoms with E-state index in [-0.39, 0.29) is 23.1 Å². The Kier molecular flexibility index (Phi) is 5.80. The molecule has 174 valence electrons. The molecule has 0 aliphatic carbocycles. The number of primary sulfonamides is 1. The number of hydrogen-bond acceptors (Lipinski definition) is 7. The molecule has 14 heteroatoms. The van der Waals surface area contributed by atoms with E-state index >= 15 is 0 Å². The van der Waals surface area contributed by atoms with Crippen molar-refractivity contribution in [2.45, 2.75) is 23.7 Å². The lowest BCUT2D eigenvalue weighted by molar-refractivity contribution is -0.137. The maximum absolute atomic E-state index is 13.3. The van der Waals surface area contributed by atoms with Crippen molar-refractivity contribution in [2.24, 2.45) is 5.14 Å². The molecular formula is C19H18F3N7O3S. The molecular weight excluding hydrogens is 463 g/mol. The van der Waals surface area contributed by atoms with Gasteiger partial charge in [0, 0.05) is 49.6 Å². The van der Waals surface area contributed by atoms with Gasteiger partial charge < -0.3 is 10.2 Å². The van der Waals surface area contributed by atoms with E-state index in [1.54, 1.807) is 28.0 Å². The molecule has 1 aliphatic heterocycles. The second-order valence-electron chi connectivity index (χ2n) is 7.35. The molecule has 0 radical (unpaired) electrons. The van der Waals surface area contributed by atoms with E-state index < -0.39 is 32.7 Å². The summed E-state index contributed by atoms with van der Waals surface area (Å²) in [4.78, 5) is 22.2. The number of sulfonamides is 1. The van der Waals surface area contributed by atoms with Gasteiger partial charge in [0.1, 0.15) is 5.82 Å². The second-order valence-corrected chi connectivity index (χ2v) is 8.86. The number of aromatic nitrogens is 4. The van der Waals surface area contributed by atoms with Crippen molar-refractivity contribution in [3.8, 4) is 0 Å². The van der Waals surface area contributed by atoms with Crippen molar-refractivity contribution in [3.63, 3.8) is 0 Å². The Morgan fingerprint density at radius 2 is 2.00 bits per heavy atom. The standard InChI is InChI=1S/C19H18F3N7O3S/c20-19(21,22)12-8-15(18(30)27-13-2-5-24-16(9-13)33(23,31)32)17(25-10-12)28-7-3-14(11-28)29-6-1-4-26-29/h1-2,4-6,8-10,14H,3,7,11H2,(H2,23,31,32)(H,24,27,30)/t14-/m0/s1. The molecule has 4 heterocycles. The minimum Gasteiger partial charge on any atom is -0.354 e. The molecule has 10 nitrogen and oxygen atoms in total. The first-order valence-electron chi connectivity index (χ1n) is 9.64. The molecule has 3 N–H and O–H groups in total. The predicted molar refractivity (Wildman–Crippen MR) is 111 cm³/mol. The van der Waals surface area contributed by atoms with Crippen LogP contribution in [0.15, 0.2) is 54.1 Å². The second kappa shape index (κ2) is 8.44. The van der Waals surface area contributed by atoms with Crippen molar-refractivity contribution in [1.82, 2.24) is 19.7 Å². The smallest absolute Gasteiger partial charge is 0.354 e. The Hall–Kier alpha value is -3.52. The van der Waals surface area contributed by atoms with Crippen molar-refractivity contribution in [2.75, 3.05) is 23.3 Å². The molecule has 1 amide bonds. The number of pyridine rings is 2. The van der Waals surface area contributed by atoms with E-state index in [0.29, 0.717) is 25.7 Å². The van der Waals surface area contributed by atoms with E-state index in [4.69, 9.17) is 5.14 Å². The Bertz CT molecular complexity index is 1280. The van der Waals surface area contributed by atoms with E-state index in [0.717, 1.165) is 18.3 Å². The zero-order valence-corrected chi connectivity index (χ0v) is 17.7. The van der Waals surface area contributed by atoms with Crippen molar-refractivity contribution in [1.29, 1.82) is 0 Å². The Labute approximate surface area is 186 Å². The molecule has 1 saturated heterocycles. The number of amides is 1. The van der Waals surface area contributed by atoms with Crippen LogP contribution in [0, 0.1) is 0 Å². The van der Waals surface area contributed by atoms with E-state index in [1.165, 1.54) is 6.07 Å². The fraction of sp³-hybridized carbons (Fsp3) is 0.263. The number of rotatable bonds is 5. The van der Waals surface area contributed by atoms with Gasteiger partial charge in [-0.1, -0.05) is 0 Å². The summed E-state index contributed by atoms with van der Waals surface area (Å²) < 4.78 is 64.7. The van der Waals surface area contributed by atoms with E-state index in [2.05, 4.69) is 20.4 Å². The lowest BCUT2D eigenvalue weighted by atomic mass is 10.1. The van der Waals surface area contributed by atoms with Crippen LogP contribution in [-0.4, -0.2) is 47.2 Å². The molecule has 0 spiro atoms. The molecule has 3 aromatic heterocycles. The van der Waals surface area contributed by atoms with Crippen LogP contribution in [0.5, 0.6) is 0 Å². The Morgan fingerprint density at radius 1 is 1.21 bits per heavy atom. The highest BCUT2D eigenvalue weighted by molar-refractivity contribution is 7.89. The highest BCUT2D eigenvalue weighted by atomic mass is 32.2. The number of nitrogens with zero attached hydrogens (tertiary/aromatic N) is 5. The Morgan fingerprint density at radius 3 is 2.67 bits per heavy atom. The summed E-state index contributed by atoms with van der Waals surface area (Å²) in [7, 11) is -4.14. The zero-order valence-electron chi connectivity index (χ0n) is 16.9. The third-order valence-corrected chi connectivity index (χ3v) is 5.89. The zero-order chi connectivity index (χ0) is 23.8. The number of nitrogens with one attached hydrogen (secondary N) is 1. The topological polar surface area (TPSA) is 136 Å². The van der Waals surface area contributed by atoms with Crippen molar-refractivity contribution in [3.05, 3.63) is 60.2 Å². The van der Waals surface area contributed by atoms with Gasteiger partial charge in [0.2, 0.25) is 0 Å². The summed E-state index contributed by atoms with van der Waals surface area (Å²) in [5, 5.41) is 11.1. The molecule has 0 saturated carbocycles. The van der Waals surface area contributed by atoms with Gasteiger partial charge >= 0.3 is 6.18 Å². The fourth-order valence-electron chi connectivity index (χ4n) is 3.52. The summed E-state index contributed by atoms with van der Waals surface area (Å²) in [6, 6.07) is 4.76. The van der Waals surface area contributed by atoms with Gasteiger partial charge in [-0.3, -0.25) is 9.48 Å². The van der Waals surface area contributed by atoms with Gasteiger partial charge in [0.15, 0.2) is 5.03 Å². The van der Waals surface area contributed by atoms with Crippen LogP contribution in [0.4, 0.5) is 24.7 Å². The lowest BCUT2D eigenvalue weighted by Gasteiger charge is -2.21. The van der Waals surface area contributed by atoms with Gasteiger partial charge in [-0.2, -0.15) is 18.3 Å². The molecule has 0 bridgehead atoms. The number of anilines is 2. The first-order chi connectivity index (χ1) is 15.5. The molecule has 0 unspecified atom stereocenters. The van der Waals surface area contributed by atoms with Gasteiger partial charge in [-0.15, -0.1) is 0 Å². The van der Waals surface area contributed by atoms with Gasteiger partial charge in [-0.25, -0.2) is 23.5 Å². The molecule has 1 fully saturated rings. The van der Waals surface area contributed by atoms with Crippen LogP contribution < -0.4 is 15.4 Å². The monoisotopic (exact) mass is 481 g/mol. The van der Waals surface area contributed by atoms with Gasteiger partial charge in [-0.05, 0) is 24.6 Å². The minimum absolute atomic E-state index is 0.00164. The first kappa shape index (κ1) is 22.7. The fourth-order valence-corrected chi connectivity index (χ4v) is 4.02. The molecule has 1 atom stereocenters. The van der Waals surface area contributed by atoms with Crippen LogP contribution in [0.2, 0.25) is 0 Å². The Balaban J connectivity index is 1.66. The van der Waals surface area contributed by atoms with Crippen LogP contribution in [0.1, 0.15) is 28.4 Å². The predicted octanol–water partition coefficient (Wildman–Crippen LogP) is 2.04. The number of carbonyl (C=O) groups is 1. The van der Waals surface area contributed by atoms with E-state index in [9.17, 15) is 26.4 Å². The molecule has 1 aliphatic rings. The highest BCUT2D eigenvalue weighted by Crippen LogP contribution is 2.34. The lowest BCUT2D eigenvalue weighted by Crippen LogP contribution is -2.26. The average Bonchev–Trinajstić information content (AvgIpc) is 3.44. The van der Waals surface area contributed by atoms with Crippen molar-refractivity contribution >= 4 is 27.4 Å². The third-order valence-electron chi connectivity index (χ3n) is 5.08. The summed E-state index contributed by atoms with van der Waals surface area (Å²) in [5.41, 5.74) is -1.39. The quantitative estimate of drug-likeness (QED) is 0.569. The number of nitrogens with two attached hydrogens (primary N) is 1. The van der Waals surface area contributed by atoms with Crippen LogP contribution >= 0.6 is 0 Å². The third kappa shape index (κ3) is 4.96. The minimum atomic E-state index is -4.71. The van der Waals surface area contributed by atoms with Crippen molar-refractivity contribution < 1.29 is 26.4 Å². The molecule has 0 aromatic carbocycles. The summed E-state index contributed by atoms with van der Waals surface area (Å²) in [5.74, 6) is -0.811. The number of carbonyl (C=O) groups excluding carboxylic acids is 1. The molecule has 33 heavy (non-hydrogen) atoms. The maximum Gasteiger partial charge on any atom is 0.417 e. The first-order valence-corrected chi connectivity index (χ1v) is 11.2. The van der Waals surface area contributed by atoms with Crippen LogP contribution in [-0.2, 0) is 16.2 Å². The molecule has 3 aromatic rings.